The van der Waals surface area contributed by atoms with Gasteiger partial charge in [0.05, 0.1) is 10.8 Å². The van der Waals surface area contributed by atoms with Gasteiger partial charge in [0.25, 0.3) is 0 Å². The van der Waals surface area contributed by atoms with Crippen molar-refractivity contribution in [1.29, 1.82) is 0 Å². The van der Waals surface area contributed by atoms with Gasteiger partial charge in [0.1, 0.15) is 0 Å². The molecule has 294 valence electrons. The lowest BCUT2D eigenvalue weighted by Gasteiger charge is -2.44. The summed E-state index contributed by atoms with van der Waals surface area (Å²) in [6.45, 7) is 0. The van der Waals surface area contributed by atoms with Crippen molar-refractivity contribution < 1.29 is 0 Å². The zero-order chi connectivity index (χ0) is 41.7. The molecule has 0 saturated heterocycles. The molecule has 64 heavy (non-hydrogen) atoms. The minimum absolute atomic E-state index is 0.533. The van der Waals surface area contributed by atoms with Crippen LogP contribution < -0.4 is 0 Å². The minimum atomic E-state index is -0.533. The first-order chi connectivity index (χ1) is 31.7. The maximum absolute atomic E-state index is 2.50. The molecule has 0 heteroatoms. The summed E-state index contributed by atoms with van der Waals surface area (Å²) in [5.41, 5.74) is 25.2. The minimum Gasteiger partial charge on any atom is -0.0651 e. The number of hydrogen-bond donors (Lipinski definition) is 0. The summed E-state index contributed by atoms with van der Waals surface area (Å²) in [6, 6.07) is 54.3. The summed E-state index contributed by atoms with van der Waals surface area (Å²) in [7, 11) is 0. The second-order valence-electron chi connectivity index (χ2n) is 18.2. The van der Waals surface area contributed by atoms with Crippen molar-refractivity contribution in [3.05, 3.63) is 284 Å². The molecule has 0 saturated carbocycles. The highest BCUT2D eigenvalue weighted by Gasteiger charge is 2.51. The predicted octanol–water partition coefficient (Wildman–Crippen LogP) is 15.8. The van der Waals surface area contributed by atoms with Gasteiger partial charge in [-0.3, -0.25) is 0 Å². The first-order valence-electron chi connectivity index (χ1n) is 22.6. The van der Waals surface area contributed by atoms with Crippen LogP contribution in [-0.4, -0.2) is 0 Å². The Kier molecular flexibility index (Phi) is 6.64. The molecule has 7 aromatic carbocycles. The van der Waals surface area contributed by atoms with Crippen molar-refractivity contribution in [2.24, 2.45) is 10.8 Å². The Morgan fingerprint density at radius 3 is 0.859 bits per heavy atom. The van der Waals surface area contributed by atoms with E-state index in [9.17, 15) is 0 Å². The van der Waals surface area contributed by atoms with Crippen LogP contribution in [0.5, 0.6) is 0 Å². The molecule has 0 fully saturated rings. The summed E-state index contributed by atoms with van der Waals surface area (Å²) in [6.07, 6.45) is 34.0. The molecule has 0 heterocycles. The van der Waals surface area contributed by atoms with Gasteiger partial charge in [0.2, 0.25) is 0 Å². The summed E-state index contributed by atoms with van der Waals surface area (Å²) in [5, 5.41) is 5.07. The third-order valence-corrected chi connectivity index (χ3v) is 15.4. The fraction of sp³-hybridized carbons (Fsp3) is 0.0312. The molecule has 7 aromatic rings. The second-order valence-corrected chi connectivity index (χ2v) is 18.2. The molecule has 2 atom stereocenters. The fourth-order valence-electron chi connectivity index (χ4n) is 12.9. The van der Waals surface area contributed by atoms with Crippen molar-refractivity contribution >= 4 is 79.3 Å². The van der Waals surface area contributed by atoms with Gasteiger partial charge >= 0.3 is 0 Å². The van der Waals surface area contributed by atoms with E-state index in [-0.39, 0.29) is 0 Å². The Bertz CT molecular complexity index is 3450. The number of hydrogen-bond acceptors (Lipinski definition) is 0. The van der Waals surface area contributed by atoms with Crippen LogP contribution in [0, 0.1) is 10.8 Å². The molecule has 0 aromatic heterocycles. The average molecular weight is 807 g/mol. The summed E-state index contributed by atoms with van der Waals surface area (Å²) in [5.74, 6) is 0. The number of benzene rings is 7. The SMILES string of the molecule is C1=CC2(C3=Cc4ccccc4C3=C1)C1=Cc3ccccc3C1=CC=C2c1c2ccccc2c(C2=CC=C3C(=Cc4ccccc43)C23C=CC=C2C3=Cc3ccccc32)c2ccccc12. The third-order valence-electron chi connectivity index (χ3n) is 15.4. The van der Waals surface area contributed by atoms with Crippen LogP contribution in [-0.2, 0) is 0 Å². The van der Waals surface area contributed by atoms with Crippen molar-refractivity contribution in [3.8, 4) is 0 Å². The highest BCUT2D eigenvalue weighted by molar-refractivity contribution is 6.23. The van der Waals surface area contributed by atoms with E-state index in [0.717, 1.165) is 0 Å². The summed E-state index contributed by atoms with van der Waals surface area (Å²) in [4.78, 5) is 0. The largest absolute Gasteiger partial charge is 0.0653 e. The first-order valence-corrected chi connectivity index (χ1v) is 22.6. The van der Waals surface area contributed by atoms with Crippen LogP contribution in [0.2, 0.25) is 0 Å². The van der Waals surface area contributed by atoms with E-state index < -0.39 is 10.8 Å². The van der Waals surface area contributed by atoms with Gasteiger partial charge in [-0.05, 0) is 157 Å². The molecule has 0 bridgehead atoms. The average Bonchev–Trinajstić information content (AvgIpc) is 4.13. The van der Waals surface area contributed by atoms with Gasteiger partial charge in [-0.25, -0.2) is 0 Å². The van der Waals surface area contributed by atoms with Gasteiger partial charge in [-0.2, -0.15) is 0 Å². The standard InChI is InChI=1S/C64H38/c1-5-19-43-39(15-1)35-57-47(43)27-13-33-63(57)55(31-29-49-45-21-7-3-17-41(45)37-59(49)63)61-51-23-9-11-25-53(51)62(54-26-12-10-24-52(54)61)56-32-30-50-46-22-8-4-18-42(46)38-60(50)64(56)34-14-28-48-44-20-6-2-16-40(44)36-58(48)64/h1-38H. The van der Waals surface area contributed by atoms with E-state index >= 15 is 0 Å². The monoisotopic (exact) mass is 806 g/mol. The van der Waals surface area contributed by atoms with Crippen LogP contribution in [0.25, 0.3) is 79.3 Å². The molecule has 2 unspecified atom stereocenters. The second kappa shape index (κ2) is 12.3. The van der Waals surface area contributed by atoms with Gasteiger partial charge in [-0.1, -0.05) is 206 Å². The van der Waals surface area contributed by atoms with E-state index in [4.69, 9.17) is 0 Å². The maximum atomic E-state index is 2.50. The van der Waals surface area contributed by atoms with Crippen molar-refractivity contribution in [1.82, 2.24) is 0 Å². The Morgan fingerprint density at radius 2 is 0.531 bits per heavy atom. The molecule has 8 aliphatic rings. The van der Waals surface area contributed by atoms with Crippen LogP contribution >= 0.6 is 0 Å². The molecule has 2 spiro atoms. The normalized spacial score (nSPS) is 22.1. The topological polar surface area (TPSA) is 0 Å². The van der Waals surface area contributed by atoms with Crippen LogP contribution in [0.15, 0.2) is 229 Å². The van der Waals surface area contributed by atoms with E-state index in [1.807, 2.05) is 0 Å². The molecule has 0 N–H and O–H groups in total. The predicted molar refractivity (Wildman–Crippen MR) is 270 cm³/mol. The number of allylic oxidation sites excluding steroid dienone is 20. The lowest BCUT2D eigenvalue weighted by Crippen LogP contribution is -2.30. The van der Waals surface area contributed by atoms with Crippen molar-refractivity contribution in [2.75, 3.05) is 0 Å². The molecule has 0 aliphatic heterocycles. The number of rotatable bonds is 2. The highest BCUT2D eigenvalue weighted by atomic mass is 14.5. The van der Waals surface area contributed by atoms with Crippen LogP contribution in [0.3, 0.4) is 0 Å². The molecule has 0 nitrogen and oxygen atoms in total. The molecule has 15 rings (SSSR count). The lowest BCUT2D eigenvalue weighted by atomic mass is 9.58. The quantitative estimate of drug-likeness (QED) is 0.153. The Labute approximate surface area is 372 Å². The fourth-order valence-corrected chi connectivity index (χ4v) is 12.9. The Morgan fingerprint density at radius 1 is 0.250 bits per heavy atom. The van der Waals surface area contributed by atoms with Gasteiger partial charge < -0.3 is 0 Å². The Balaban J connectivity index is 1.03. The van der Waals surface area contributed by atoms with Crippen molar-refractivity contribution in [3.63, 3.8) is 0 Å². The van der Waals surface area contributed by atoms with E-state index in [2.05, 4.69) is 231 Å². The molecular formula is C64H38. The maximum Gasteiger partial charge on any atom is 0.0653 e. The number of fused-ring (bicyclic) bond motifs is 18. The highest BCUT2D eigenvalue weighted by Crippen LogP contribution is 2.67. The van der Waals surface area contributed by atoms with Gasteiger partial charge in [0, 0.05) is 0 Å². The Hall–Kier alpha value is -8.06. The van der Waals surface area contributed by atoms with E-state index in [0.29, 0.717) is 0 Å². The first kappa shape index (κ1) is 34.5. The van der Waals surface area contributed by atoms with Gasteiger partial charge in [0.15, 0.2) is 0 Å². The molecule has 0 amide bonds. The smallest absolute Gasteiger partial charge is 0.0651 e. The molecule has 0 radical (unpaired) electrons. The summed E-state index contributed by atoms with van der Waals surface area (Å²) < 4.78 is 0. The van der Waals surface area contributed by atoms with E-state index in [1.54, 1.807) is 0 Å². The van der Waals surface area contributed by atoms with Gasteiger partial charge in [-0.15, -0.1) is 0 Å². The third kappa shape index (κ3) is 4.19. The van der Waals surface area contributed by atoms with Crippen molar-refractivity contribution in [2.45, 2.75) is 0 Å². The molecule has 8 aliphatic carbocycles. The summed E-state index contributed by atoms with van der Waals surface area (Å²) >= 11 is 0. The van der Waals surface area contributed by atoms with Crippen LogP contribution in [0.1, 0.15) is 55.6 Å². The molecular weight excluding hydrogens is 769 g/mol. The zero-order valence-electron chi connectivity index (χ0n) is 34.9. The van der Waals surface area contributed by atoms with Crippen LogP contribution in [0.4, 0.5) is 0 Å². The zero-order valence-corrected chi connectivity index (χ0v) is 34.9. The van der Waals surface area contributed by atoms with E-state index in [1.165, 1.54) is 133 Å². The lowest BCUT2D eigenvalue weighted by molar-refractivity contribution is 0.779.